The van der Waals surface area contributed by atoms with E-state index >= 15 is 0 Å². The standard InChI is InChI=1S/C29H36O2/c1-6-8-9-23(7-2)20-31-27-16-12-25(13-17-27)29-19-21(3)28(18-22(29)4)24-10-14-26(30-5)15-11-24/h10-19,23H,6-9,20H2,1-5H3/t23-/m1/s1. The molecule has 0 aliphatic heterocycles. The van der Waals surface area contributed by atoms with Crippen molar-refractivity contribution in [1.29, 1.82) is 0 Å². The number of rotatable bonds is 10. The molecule has 0 N–H and O–H groups in total. The molecule has 3 aromatic rings. The van der Waals surface area contributed by atoms with Gasteiger partial charge in [-0.25, -0.2) is 0 Å². The minimum atomic E-state index is 0.648. The molecule has 3 rings (SSSR count). The molecule has 0 bridgehead atoms. The minimum absolute atomic E-state index is 0.648. The van der Waals surface area contributed by atoms with E-state index in [9.17, 15) is 0 Å². The first-order valence-corrected chi connectivity index (χ1v) is 11.5. The normalized spacial score (nSPS) is 11.9. The molecule has 31 heavy (non-hydrogen) atoms. The highest BCUT2D eigenvalue weighted by molar-refractivity contribution is 5.76. The van der Waals surface area contributed by atoms with Crippen molar-refractivity contribution >= 4 is 0 Å². The maximum atomic E-state index is 6.09. The number of aryl methyl sites for hydroxylation is 2. The molecular formula is C29H36O2. The van der Waals surface area contributed by atoms with Gasteiger partial charge >= 0.3 is 0 Å². The van der Waals surface area contributed by atoms with E-state index in [0.717, 1.165) is 18.1 Å². The molecule has 0 saturated heterocycles. The van der Waals surface area contributed by atoms with Gasteiger partial charge in [0.05, 0.1) is 13.7 Å². The Morgan fingerprint density at radius 1 is 0.742 bits per heavy atom. The molecule has 0 aromatic heterocycles. The Bertz CT molecular complexity index is 955. The lowest BCUT2D eigenvalue weighted by molar-refractivity contribution is 0.233. The molecule has 0 heterocycles. The molecule has 1 atom stereocenters. The monoisotopic (exact) mass is 416 g/mol. The van der Waals surface area contributed by atoms with Crippen LogP contribution < -0.4 is 9.47 Å². The third-order valence-corrected chi connectivity index (χ3v) is 6.17. The fourth-order valence-corrected chi connectivity index (χ4v) is 4.05. The number of ether oxygens (including phenoxy) is 2. The van der Waals surface area contributed by atoms with Crippen LogP contribution in [0.4, 0.5) is 0 Å². The fraction of sp³-hybridized carbons (Fsp3) is 0.379. The third kappa shape index (κ3) is 5.91. The quantitative estimate of drug-likeness (QED) is 0.331. The summed E-state index contributed by atoms with van der Waals surface area (Å²) < 4.78 is 11.4. The van der Waals surface area contributed by atoms with E-state index in [1.165, 1.54) is 59.1 Å². The van der Waals surface area contributed by atoms with E-state index in [-0.39, 0.29) is 0 Å². The van der Waals surface area contributed by atoms with Crippen LogP contribution in [0.5, 0.6) is 11.5 Å². The van der Waals surface area contributed by atoms with Crippen molar-refractivity contribution in [3.8, 4) is 33.8 Å². The summed E-state index contributed by atoms with van der Waals surface area (Å²) in [5, 5.41) is 0. The van der Waals surface area contributed by atoms with Gasteiger partial charge in [-0.1, -0.05) is 69.5 Å². The van der Waals surface area contributed by atoms with E-state index in [0.29, 0.717) is 5.92 Å². The smallest absolute Gasteiger partial charge is 0.119 e. The van der Waals surface area contributed by atoms with Gasteiger partial charge in [-0.2, -0.15) is 0 Å². The van der Waals surface area contributed by atoms with Gasteiger partial charge in [-0.15, -0.1) is 0 Å². The zero-order chi connectivity index (χ0) is 22.2. The van der Waals surface area contributed by atoms with Gasteiger partial charge in [0, 0.05) is 0 Å². The van der Waals surface area contributed by atoms with Crippen LogP contribution in [0.15, 0.2) is 60.7 Å². The van der Waals surface area contributed by atoms with Gasteiger partial charge in [0.25, 0.3) is 0 Å². The third-order valence-electron chi connectivity index (χ3n) is 6.17. The first-order chi connectivity index (χ1) is 15.0. The van der Waals surface area contributed by atoms with E-state index in [1.807, 2.05) is 12.1 Å². The predicted molar refractivity (Wildman–Crippen MR) is 132 cm³/mol. The molecule has 2 heteroatoms. The first kappa shape index (κ1) is 22.9. The summed E-state index contributed by atoms with van der Waals surface area (Å²) in [6.07, 6.45) is 4.97. The summed E-state index contributed by atoms with van der Waals surface area (Å²) >= 11 is 0. The van der Waals surface area contributed by atoms with E-state index in [2.05, 4.69) is 76.2 Å². The van der Waals surface area contributed by atoms with Crippen molar-refractivity contribution in [3.63, 3.8) is 0 Å². The summed E-state index contributed by atoms with van der Waals surface area (Å²) in [4.78, 5) is 0. The largest absolute Gasteiger partial charge is 0.497 e. The molecule has 3 aromatic carbocycles. The Kier molecular flexibility index (Phi) is 8.17. The van der Waals surface area contributed by atoms with Crippen LogP contribution in [-0.2, 0) is 0 Å². The Morgan fingerprint density at radius 2 is 1.26 bits per heavy atom. The van der Waals surface area contributed by atoms with Crippen molar-refractivity contribution in [2.24, 2.45) is 5.92 Å². The average Bonchev–Trinajstić information content (AvgIpc) is 2.81. The average molecular weight is 417 g/mol. The zero-order valence-corrected chi connectivity index (χ0v) is 19.7. The fourth-order valence-electron chi connectivity index (χ4n) is 4.05. The lowest BCUT2D eigenvalue weighted by atomic mass is 9.92. The molecule has 0 saturated carbocycles. The van der Waals surface area contributed by atoms with Crippen LogP contribution in [0.1, 0.15) is 50.7 Å². The van der Waals surface area contributed by atoms with E-state index in [1.54, 1.807) is 7.11 Å². The lowest BCUT2D eigenvalue weighted by Gasteiger charge is -2.16. The molecule has 0 radical (unpaired) electrons. The number of hydrogen-bond donors (Lipinski definition) is 0. The maximum Gasteiger partial charge on any atom is 0.119 e. The van der Waals surface area contributed by atoms with Crippen molar-refractivity contribution in [2.75, 3.05) is 13.7 Å². The van der Waals surface area contributed by atoms with E-state index in [4.69, 9.17) is 9.47 Å². The minimum Gasteiger partial charge on any atom is -0.497 e. The zero-order valence-electron chi connectivity index (χ0n) is 19.7. The Labute approximate surface area is 188 Å². The van der Waals surface area contributed by atoms with Gasteiger partial charge < -0.3 is 9.47 Å². The Hall–Kier alpha value is -2.74. The number of unbranched alkanes of at least 4 members (excludes halogenated alkanes) is 1. The molecule has 0 spiro atoms. The molecular weight excluding hydrogens is 380 g/mol. The van der Waals surface area contributed by atoms with Crippen LogP contribution >= 0.6 is 0 Å². The topological polar surface area (TPSA) is 18.5 Å². The molecule has 0 fully saturated rings. The van der Waals surface area contributed by atoms with Gasteiger partial charge in [-0.05, 0) is 83.8 Å². The summed E-state index contributed by atoms with van der Waals surface area (Å²) in [6.45, 7) is 9.69. The Balaban J connectivity index is 1.74. The van der Waals surface area contributed by atoms with Gasteiger partial charge in [0.1, 0.15) is 11.5 Å². The van der Waals surface area contributed by atoms with Crippen LogP contribution in [0.2, 0.25) is 0 Å². The van der Waals surface area contributed by atoms with Crippen molar-refractivity contribution in [2.45, 2.75) is 53.4 Å². The number of hydrogen-bond acceptors (Lipinski definition) is 2. The van der Waals surface area contributed by atoms with Crippen LogP contribution in [0.25, 0.3) is 22.3 Å². The predicted octanol–water partition coefficient (Wildman–Crippen LogP) is 8.24. The first-order valence-electron chi connectivity index (χ1n) is 11.5. The van der Waals surface area contributed by atoms with Crippen LogP contribution in [0, 0.1) is 19.8 Å². The lowest BCUT2D eigenvalue weighted by Crippen LogP contribution is -2.11. The van der Waals surface area contributed by atoms with Crippen molar-refractivity contribution in [1.82, 2.24) is 0 Å². The van der Waals surface area contributed by atoms with Crippen molar-refractivity contribution in [3.05, 3.63) is 71.8 Å². The molecule has 0 aliphatic carbocycles. The van der Waals surface area contributed by atoms with Crippen LogP contribution in [0.3, 0.4) is 0 Å². The SMILES string of the molecule is CCCC[C@@H](CC)COc1ccc(-c2cc(C)c(-c3ccc(OC)cc3)cc2C)cc1. The summed E-state index contributed by atoms with van der Waals surface area (Å²) in [5.74, 6) is 2.49. The van der Waals surface area contributed by atoms with Crippen molar-refractivity contribution < 1.29 is 9.47 Å². The number of methoxy groups -OCH3 is 1. The highest BCUT2D eigenvalue weighted by atomic mass is 16.5. The summed E-state index contributed by atoms with van der Waals surface area (Å²) in [6, 6.07) is 21.4. The molecule has 2 nitrogen and oxygen atoms in total. The second-order valence-electron chi connectivity index (χ2n) is 8.46. The Morgan fingerprint density at radius 3 is 1.71 bits per heavy atom. The van der Waals surface area contributed by atoms with Crippen LogP contribution in [-0.4, -0.2) is 13.7 Å². The summed E-state index contributed by atoms with van der Waals surface area (Å²) in [7, 11) is 1.70. The van der Waals surface area contributed by atoms with Gasteiger partial charge in [-0.3, -0.25) is 0 Å². The van der Waals surface area contributed by atoms with Gasteiger partial charge in [0.15, 0.2) is 0 Å². The molecule has 0 aliphatic rings. The second-order valence-corrected chi connectivity index (χ2v) is 8.46. The summed E-state index contributed by atoms with van der Waals surface area (Å²) in [5.41, 5.74) is 7.53. The highest BCUT2D eigenvalue weighted by Gasteiger charge is 2.10. The molecule has 0 unspecified atom stereocenters. The highest BCUT2D eigenvalue weighted by Crippen LogP contribution is 2.33. The van der Waals surface area contributed by atoms with E-state index < -0.39 is 0 Å². The molecule has 0 amide bonds. The molecule has 164 valence electrons. The second kappa shape index (κ2) is 11.0. The van der Waals surface area contributed by atoms with Gasteiger partial charge in [0.2, 0.25) is 0 Å². The number of benzene rings is 3. The maximum absolute atomic E-state index is 6.09.